The van der Waals surface area contributed by atoms with Crippen LogP contribution in [-0.4, -0.2) is 59.1 Å². The van der Waals surface area contributed by atoms with Gasteiger partial charge in [0.1, 0.15) is 11.3 Å². The Morgan fingerprint density at radius 1 is 1.10 bits per heavy atom. The van der Waals surface area contributed by atoms with E-state index in [0.717, 1.165) is 35.3 Å². The fourth-order valence-electron chi connectivity index (χ4n) is 4.14. The Bertz CT molecular complexity index is 1010. The largest absolute Gasteiger partial charge is 0.497 e. The first kappa shape index (κ1) is 21.3. The smallest absolute Gasteiger partial charge is 0.251 e. The SMILES string of the molecule is COc1cccc(Cn2nnc3cc(C(=O)NCCCN4CCCCCC4)ccc32)c1. The molecule has 1 aromatic heterocycles. The number of aromatic nitrogens is 3. The van der Waals surface area contributed by atoms with Crippen molar-refractivity contribution in [2.75, 3.05) is 33.3 Å². The summed E-state index contributed by atoms with van der Waals surface area (Å²) in [6, 6.07) is 13.5. The molecule has 2 heterocycles. The van der Waals surface area contributed by atoms with Gasteiger partial charge in [-0.25, -0.2) is 4.68 Å². The molecule has 2 aromatic carbocycles. The molecule has 31 heavy (non-hydrogen) atoms. The van der Waals surface area contributed by atoms with Crippen molar-refractivity contribution in [1.82, 2.24) is 25.2 Å². The molecular formula is C24H31N5O2. The van der Waals surface area contributed by atoms with Gasteiger partial charge in [0.15, 0.2) is 0 Å². The average Bonchev–Trinajstić information content (AvgIpc) is 3.01. The minimum atomic E-state index is -0.0555. The number of hydrogen-bond donors (Lipinski definition) is 1. The van der Waals surface area contributed by atoms with Crippen LogP contribution in [0.25, 0.3) is 11.0 Å². The molecule has 0 spiro atoms. The number of ether oxygens (including phenoxy) is 1. The van der Waals surface area contributed by atoms with Crippen LogP contribution in [0.1, 0.15) is 48.0 Å². The number of amides is 1. The molecule has 0 bridgehead atoms. The lowest BCUT2D eigenvalue weighted by Gasteiger charge is -2.19. The van der Waals surface area contributed by atoms with Gasteiger partial charge in [-0.05, 0) is 74.8 Å². The first-order valence-electron chi connectivity index (χ1n) is 11.2. The zero-order chi connectivity index (χ0) is 21.5. The molecule has 0 unspecified atom stereocenters. The maximum absolute atomic E-state index is 12.6. The summed E-state index contributed by atoms with van der Waals surface area (Å²) in [5.41, 5.74) is 3.33. The lowest BCUT2D eigenvalue weighted by Crippen LogP contribution is -2.30. The molecule has 3 aromatic rings. The zero-order valence-corrected chi connectivity index (χ0v) is 18.2. The number of carbonyl (C=O) groups is 1. The standard InChI is InChI=1S/C24H31N5O2/c1-31-21-9-6-8-19(16-21)18-29-23-11-10-20(17-22(23)26-27-29)24(30)25-12-7-15-28-13-4-2-3-5-14-28/h6,8-11,16-17H,2-5,7,12-15,18H2,1H3,(H,25,30). The van der Waals surface area contributed by atoms with Gasteiger partial charge in [0.25, 0.3) is 5.91 Å². The molecule has 1 aliphatic rings. The van der Waals surface area contributed by atoms with Gasteiger partial charge in [-0.1, -0.05) is 30.2 Å². The Labute approximate surface area is 183 Å². The number of nitrogens with one attached hydrogen (secondary N) is 1. The number of likely N-dealkylation sites (tertiary alicyclic amines) is 1. The van der Waals surface area contributed by atoms with Crippen LogP contribution in [0.15, 0.2) is 42.5 Å². The number of carbonyl (C=O) groups excluding carboxylic acids is 1. The van der Waals surface area contributed by atoms with Crippen molar-refractivity contribution in [2.24, 2.45) is 0 Å². The van der Waals surface area contributed by atoms with Gasteiger partial charge in [0, 0.05) is 12.1 Å². The van der Waals surface area contributed by atoms with Crippen molar-refractivity contribution in [3.63, 3.8) is 0 Å². The quantitative estimate of drug-likeness (QED) is 0.564. The summed E-state index contributed by atoms with van der Waals surface area (Å²) >= 11 is 0. The van der Waals surface area contributed by atoms with Crippen LogP contribution in [0.3, 0.4) is 0 Å². The van der Waals surface area contributed by atoms with Crippen molar-refractivity contribution in [1.29, 1.82) is 0 Å². The van der Waals surface area contributed by atoms with Gasteiger partial charge in [-0.2, -0.15) is 0 Å². The van der Waals surface area contributed by atoms with Crippen molar-refractivity contribution in [2.45, 2.75) is 38.6 Å². The van der Waals surface area contributed by atoms with E-state index in [1.165, 1.54) is 38.8 Å². The van der Waals surface area contributed by atoms with Crippen LogP contribution in [-0.2, 0) is 6.54 Å². The van der Waals surface area contributed by atoms with Crippen molar-refractivity contribution in [3.8, 4) is 5.75 Å². The molecule has 0 saturated carbocycles. The maximum atomic E-state index is 12.6. The van der Waals surface area contributed by atoms with Crippen molar-refractivity contribution >= 4 is 16.9 Å². The van der Waals surface area contributed by atoms with Gasteiger partial charge in [-0.15, -0.1) is 5.10 Å². The highest BCUT2D eigenvalue weighted by atomic mass is 16.5. The number of nitrogens with zero attached hydrogens (tertiary/aromatic N) is 4. The Hall–Kier alpha value is -2.93. The van der Waals surface area contributed by atoms with E-state index in [1.807, 2.05) is 47.1 Å². The Kier molecular flexibility index (Phi) is 7.14. The van der Waals surface area contributed by atoms with E-state index in [1.54, 1.807) is 7.11 Å². The van der Waals surface area contributed by atoms with E-state index in [9.17, 15) is 4.79 Å². The lowest BCUT2D eigenvalue weighted by molar-refractivity contribution is 0.0951. The van der Waals surface area contributed by atoms with Crippen LogP contribution in [0.4, 0.5) is 0 Å². The van der Waals surface area contributed by atoms with Crippen LogP contribution >= 0.6 is 0 Å². The molecule has 1 amide bonds. The molecule has 1 aliphatic heterocycles. The normalized spacial score (nSPS) is 15.0. The Balaban J connectivity index is 1.33. The Morgan fingerprint density at radius 2 is 1.94 bits per heavy atom. The van der Waals surface area contributed by atoms with Crippen molar-refractivity contribution in [3.05, 3.63) is 53.6 Å². The number of benzene rings is 2. The summed E-state index contributed by atoms with van der Waals surface area (Å²) in [5, 5.41) is 11.6. The van der Waals surface area contributed by atoms with E-state index in [4.69, 9.17) is 4.74 Å². The third-order valence-corrected chi connectivity index (χ3v) is 5.88. The van der Waals surface area contributed by atoms with Crippen LogP contribution in [0.2, 0.25) is 0 Å². The molecule has 0 atom stereocenters. The third kappa shape index (κ3) is 5.61. The van der Waals surface area contributed by atoms with Crippen LogP contribution in [0.5, 0.6) is 5.75 Å². The molecule has 7 nitrogen and oxygen atoms in total. The Morgan fingerprint density at radius 3 is 2.74 bits per heavy atom. The van der Waals surface area contributed by atoms with E-state index < -0.39 is 0 Å². The fraction of sp³-hybridized carbons (Fsp3) is 0.458. The van der Waals surface area contributed by atoms with Crippen molar-refractivity contribution < 1.29 is 9.53 Å². The predicted octanol–water partition coefficient (Wildman–Crippen LogP) is 3.48. The first-order chi connectivity index (χ1) is 15.2. The van der Waals surface area contributed by atoms with E-state index in [2.05, 4.69) is 20.5 Å². The molecule has 4 rings (SSSR count). The fourth-order valence-corrected chi connectivity index (χ4v) is 4.14. The summed E-state index contributed by atoms with van der Waals surface area (Å²) in [5.74, 6) is 0.761. The average molecular weight is 422 g/mol. The monoisotopic (exact) mass is 421 g/mol. The number of hydrogen-bond acceptors (Lipinski definition) is 5. The number of rotatable bonds is 8. The van der Waals surface area contributed by atoms with Gasteiger partial charge < -0.3 is 15.0 Å². The third-order valence-electron chi connectivity index (χ3n) is 5.88. The summed E-state index contributed by atoms with van der Waals surface area (Å²) < 4.78 is 7.13. The molecule has 1 saturated heterocycles. The molecule has 164 valence electrons. The van der Waals surface area contributed by atoms with Gasteiger partial charge in [0.05, 0.1) is 19.2 Å². The topological polar surface area (TPSA) is 72.3 Å². The number of methoxy groups -OCH3 is 1. The van der Waals surface area contributed by atoms with E-state index in [0.29, 0.717) is 18.7 Å². The lowest BCUT2D eigenvalue weighted by atomic mass is 10.1. The highest BCUT2D eigenvalue weighted by Gasteiger charge is 2.12. The molecule has 0 radical (unpaired) electrons. The molecule has 1 fully saturated rings. The minimum absolute atomic E-state index is 0.0555. The number of fused-ring (bicyclic) bond motifs is 1. The maximum Gasteiger partial charge on any atom is 0.251 e. The van der Waals surface area contributed by atoms with E-state index in [-0.39, 0.29) is 5.91 Å². The highest BCUT2D eigenvalue weighted by molar-refractivity contribution is 5.97. The molecule has 0 aliphatic carbocycles. The molecular weight excluding hydrogens is 390 g/mol. The summed E-state index contributed by atoms with van der Waals surface area (Å²) in [4.78, 5) is 15.1. The summed E-state index contributed by atoms with van der Waals surface area (Å²) in [6.45, 7) is 4.72. The van der Waals surface area contributed by atoms with Gasteiger partial charge in [0.2, 0.25) is 0 Å². The second-order valence-corrected chi connectivity index (χ2v) is 8.17. The van der Waals surface area contributed by atoms with Gasteiger partial charge in [-0.3, -0.25) is 4.79 Å². The second kappa shape index (κ2) is 10.4. The minimum Gasteiger partial charge on any atom is -0.497 e. The summed E-state index contributed by atoms with van der Waals surface area (Å²) in [6.07, 6.45) is 6.26. The predicted molar refractivity (Wildman–Crippen MR) is 121 cm³/mol. The van der Waals surface area contributed by atoms with Gasteiger partial charge >= 0.3 is 0 Å². The second-order valence-electron chi connectivity index (χ2n) is 8.17. The molecule has 1 N–H and O–H groups in total. The zero-order valence-electron chi connectivity index (χ0n) is 18.2. The summed E-state index contributed by atoms with van der Waals surface area (Å²) in [7, 11) is 1.66. The highest BCUT2D eigenvalue weighted by Crippen LogP contribution is 2.18. The van der Waals surface area contributed by atoms with E-state index >= 15 is 0 Å². The first-order valence-corrected chi connectivity index (χ1v) is 11.2. The van der Waals surface area contributed by atoms with Crippen LogP contribution in [0, 0.1) is 0 Å². The van der Waals surface area contributed by atoms with Crippen LogP contribution < -0.4 is 10.1 Å². The molecule has 7 heteroatoms.